The number of carbonyl (C=O) groups excluding carboxylic acids is 2. The van der Waals surface area contributed by atoms with E-state index < -0.39 is 15.6 Å². The van der Waals surface area contributed by atoms with Crippen LogP contribution in [-0.2, 0) is 44.0 Å². The smallest absolute Gasteiger partial charge is 0.285 e. The number of aryl methyl sites for hydroxylation is 2. The summed E-state index contributed by atoms with van der Waals surface area (Å²) < 4.78 is 40.0. The summed E-state index contributed by atoms with van der Waals surface area (Å²) >= 11 is 6.49. The maximum Gasteiger partial charge on any atom is 0.285 e. The molecule has 294 valence electrons. The third-order valence-electron chi connectivity index (χ3n) is 12.9. The van der Waals surface area contributed by atoms with Crippen molar-refractivity contribution in [2.45, 2.75) is 88.9 Å². The van der Waals surface area contributed by atoms with Crippen LogP contribution >= 0.6 is 11.6 Å². The second-order valence-corrected chi connectivity index (χ2v) is 19.6. The summed E-state index contributed by atoms with van der Waals surface area (Å²) in [6.45, 7) is 4.86. The van der Waals surface area contributed by atoms with E-state index >= 15 is 0 Å². The first-order chi connectivity index (χ1) is 26.5. The highest BCUT2D eigenvalue weighted by atomic mass is 35.5. The number of fused-ring (bicyclic) bond motifs is 5. The van der Waals surface area contributed by atoms with Crippen LogP contribution in [0.5, 0.6) is 5.75 Å². The number of anilines is 1. The van der Waals surface area contributed by atoms with Crippen LogP contribution in [0.2, 0.25) is 5.02 Å². The molecule has 2 aromatic carbocycles. The molecule has 55 heavy (non-hydrogen) atoms. The Kier molecular flexibility index (Phi) is 11.1. The van der Waals surface area contributed by atoms with Gasteiger partial charge in [0.2, 0.25) is 0 Å². The number of carbonyl (C=O) groups is 2. The maximum absolute atomic E-state index is 14.9. The number of halogens is 1. The lowest BCUT2D eigenvalue weighted by atomic mass is 9.68. The van der Waals surface area contributed by atoms with Gasteiger partial charge in [0.1, 0.15) is 5.75 Å². The fourth-order valence-corrected chi connectivity index (χ4v) is 12.3. The van der Waals surface area contributed by atoms with Gasteiger partial charge in [0.15, 0.2) is 5.78 Å². The van der Waals surface area contributed by atoms with Gasteiger partial charge in [-0.25, -0.2) is 4.21 Å². The molecule has 1 aromatic heterocycles. The molecule has 5 aliphatic rings. The van der Waals surface area contributed by atoms with Crippen molar-refractivity contribution in [1.82, 2.24) is 4.57 Å². The van der Waals surface area contributed by atoms with Gasteiger partial charge in [0.25, 0.3) is 5.91 Å². The minimum absolute atomic E-state index is 0.0422. The number of benzene rings is 2. The quantitative estimate of drug-likeness (QED) is 0.191. The average Bonchev–Trinajstić information content (AvgIpc) is 3.36. The number of hydrogen-bond acceptors (Lipinski definition) is 7. The molecule has 0 N–H and O–H groups in total. The van der Waals surface area contributed by atoms with Crippen molar-refractivity contribution in [3.05, 3.63) is 93.8 Å². The Morgan fingerprint density at radius 1 is 1.09 bits per heavy atom. The van der Waals surface area contributed by atoms with E-state index in [4.69, 9.17) is 25.8 Å². The summed E-state index contributed by atoms with van der Waals surface area (Å²) in [6, 6.07) is 13.6. The molecular formula is C44H54ClN3O6S. The molecule has 0 saturated heterocycles. The monoisotopic (exact) mass is 787 g/mol. The largest absolute Gasteiger partial charge is 0.490 e. The highest BCUT2D eigenvalue weighted by molar-refractivity contribution is 7.94. The molecule has 2 aliphatic carbocycles. The summed E-state index contributed by atoms with van der Waals surface area (Å²) in [7, 11) is 0.216. The average molecular weight is 788 g/mol. The summed E-state index contributed by atoms with van der Waals surface area (Å²) in [5, 5.41) is 0.748. The third kappa shape index (κ3) is 7.94. The summed E-state index contributed by atoms with van der Waals surface area (Å²) in [5.41, 5.74) is 5.05. The van der Waals surface area contributed by atoms with Gasteiger partial charge in [-0.15, -0.1) is 0 Å². The van der Waals surface area contributed by atoms with E-state index in [1.54, 1.807) is 20.3 Å². The highest BCUT2D eigenvalue weighted by Crippen LogP contribution is 2.47. The zero-order chi connectivity index (χ0) is 38.3. The number of aromatic nitrogens is 1. The minimum Gasteiger partial charge on any atom is -0.490 e. The zero-order valence-corrected chi connectivity index (χ0v) is 33.9. The molecule has 1 spiro atoms. The number of nitrogens with zero attached hydrogens (tertiary/aromatic N) is 3. The molecule has 7 atom stereocenters. The van der Waals surface area contributed by atoms with Crippen LogP contribution < -0.4 is 9.64 Å². The highest BCUT2D eigenvalue weighted by Gasteiger charge is 2.44. The van der Waals surface area contributed by atoms with Crippen LogP contribution in [0.15, 0.2) is 65.2 Å². The Hall–Kier alpha value is -3.44. The number of allylic oxidation sites excluding steroid dienone is 1. The Labute approximate surface area is 330 Å². The molecule has 1 saturated carbocycles. The van der Waals surface area contributed by atoms with E-state index in [1.165, 1.54) is 11.1 Å². The molecule has 3 aliphatic heterocycles. The first kappa shape index (κ1) is 38.4. The van der Waals surface area contributed by atoms with Gasteiger partial charge in [-0.2, -0.15) is 4.36 Å². The number of ketones is 1. The standard InChI is InChI=1S/C44H54ClN3O6S/c1-29-7-4-10-41(53-3)37-14-11-32(37)23-48-27-44(17-5-8-30-19-34(45)13-15-38(30)44)28-54-42-16-12-31(21-39(42)48)43(50)46-55(51,25-29)26-40(49)33-20-35-22-36(52-2)9-6-18-47(35)24-33/h4,10,12-13,15-16,19-21,24,29,32,36-37,41H,5-9,11,14,17-18,22-23,25-28H2,1-3H3/b10-4+/t29-,32-,36?,37+,41-,44-,55+/m0/s1. The molecule has 9 nitrogen and oxygen atoms in total. The number of methoxy groups -OCH3 is 2. The summed E-state index contributed by atoms with van der Waals surface area (Å²) in [6.07, 6.45) is 14.7. The van der Waals surface area contributed by atoms with Crippen LogP contribution in [0.1, 0.15) is 89.4 Å². The zero-order valence-electron chi connectivity index (χ0n) is 32.3. The van der Waals surface area contributed by atoms with Gasteiger partial charge < -0.3 is 23.7 Å². The van der Waals surface area contributed by atoms with E-state index in [0.29, 0.717) is 36.0 Å². The number of rotatable bonds is 5. The van der Waals surface area contributed by atoms with Gasteiger partial charge in [-0.05, 0) is 117 Å². The van der Waals surface area contributed by atoms with Crippen molar-refractivity contribution in [1.29, 1.82) is 0 Å². The molecule has 2 bridgehead atoms. The molecular weight excluding hydrogens is 734 g/mol. The van der Waals surface area contributed by atoms with Crippen LogP contribution in [-0.4, -0.2) is 78.1 Å². The Bertz CT molecular complexity index is 2100. The van der Waals surface area contributed by atoms with Gasteiger partial charge in [0.05, 0.1) is 40.0 Å². The molecule has 4 heterocycles. The van der Waals surface area contributed by atoms with Crippen LogP contribution in [0, 0.1) is 17.8 Å². The second-order valence-electron chi connectivity index (χ2n) is 16.8. The van der Waals surface area contributed by atoms with Crippen LogP contribution in [0.4, 0.5) is 5.69 Å². The first-order valence-electron chi connectivity index (χ1n) is 20.1. The predicted molar refractivity (Wildman–Crippen MR) is 217 cm³/mol. The minimum atomic E-state index is -3.29. The van der Waals surface area contributed by atoms with Gasteiger partial charge in [-0.3, -0.25) is 9.59 Å². The third-order valence-corrected chi connectivity index (χ3v) is 15.5. The number of hydrogen-bond donors (Lipinski definition) is 0. The number of ether oxygens (including phenoxy) is 3. The van der Waals surface area contributed by atoms with E-state index in [1.807, 2.05) is 37.4 Å². The van der Waals surface area contributed by atoms with Crippen molar-refractivity contribution in [3.8, 4) is 5.75 Å². The Balaban J connectivity index is 1.16. The van der Waals surface area contributed by atoms with Crippen molar-refractivity contribution >= 4 is 38.7 Å². The fourth-order valence-electron chi connectivity index (χ4n) is 9.87. The number of amides is 1. The molecule has 11 heteroatoms. The number of Topliss-reactive ketones (excluding diaryl/α,β-unsaturated/α-hetero) is 1. The molecule has 1 fully saturated rings. The molecule has 1 amide bonds. The Morgan fingerprint density at radius 2 is 1.96 bits per heavy atom. The predicted octanol–water partition coefficient (Wildman–Crippen LogP) is 8.09. The van der Waals surface area contributed by atoms with Crippen molar-refractivity contribution in [3.63, 3.8) is 0 Å². The molecule has 1 unspecified atom stereocenters. The Morgan fingerprint density at radius 3 is 2.76 bits per heavy atom. The lowest BCUT2D eigenvalue weighted by Gasteiger charge is -2.46. The lowest BCUT2D eigenvalue weighted by Crippen LogP contribution is -2.49. The second kappa shape index (κ2) is 15.8. The van der Waals surface area contributed by atoms with Gasteiger partial charge >= 0.3 is 0 Å². The maximum atomic E-state index is 14.9. The van der Waals surface area contributed by atoms with Gasteiger partial charge in [0, 0.05) is 79.5 Å². The molecule has 0 radical (unpaired) electrons. The van der Waals surface area contributed by atoms with E-state index in [9.17, 15) is 13.8 Å². The van der Waals surface area contributed by atoms with Gasteiger partial charge in [-0.1, -0.05) is 36.7 Å². The van der Waals surface area contributed by atoms with E-state index in [-0.39, 0.29) is 40.8 Å². The van der Waals surface area contributed by atoms with Crippen LogP contribution in [0.25, 0.3) is 0 Å². The summed E-state index contributed by atoms with van der Waals surface area (Å²) in [4.78, 5) is 30.6. The van der Waals surface area contributed by atoms with Crippen molar-refractivity contribution in [2.24, 2.45) is 22.1 Å². The van der Waals surface area contributed by atoms with Crippen molar-refractivity contribution < 1.29 is 28.0 Å². The first-order valence-corrected chi connectivity index (χ1v) is 22.3. The fraction of sp³-hybridized carbons (Fsp3) is 0.545. The SMILES string of the molecule is COC1CCCn2cc(C(=O)C[S@@]3(=O)=NC(=O)c4ccc5c(c4)N(C[C@@H]4CC[C@H]4[C@@H](OC)/C=C/C[C@H](C)C3)C[C@@]3(CCCc4cc(Cl)ccc43)CO5)cc2C1. The van der Waals surface area contributed by atoms with E-state index in [0.717, 1.165) is 93.2 Å². The molecule has 8 rings (SSSR count). The lowest BCUT2D eigenvalue weighted by molar-refractivity contribution is 0.0131. The topological polar surface area (TPSA) is 99.4 Å². The normalized spacial score (nSPS) is 31.4. The van der Waals surface area contributed by atoms with Crippen LogP contribution in [0.3, 0.4) is 0 Å². The summed E-state index contributed by atoms with van der Waals surface area (Å²) in [5.74, 6) is 0.379. The van der Waals surface area contributed by atoms with Crippen molar-refractivity contribution in [2.75, 3.05) is 50.3 Å². The molecule has 3 aromatic rings. The van der Waals surface area contributed by atoms with E-state index in [2.05, 4.69) is 38.1 Å².